The highest BCUT2D eigenvalue weighted by Gasteiger charge is 2.21. The van der Waals surface area contributed by atoms with E-state index >= 15 is 0 Å². The average molecular weight is 584 g/mol. The van der Waals surface area contributed by atoms with E-state index in [0.29, 0.717) is 33.0 Å². The van der Waals surface area contributed by atoms with Crippen molar-refractivity contribution >= 4 is 43.5 Å². The summed E-state index contributed by atoms with van der Waals surface area (Å²) in [7, 11) is 0. The molecule has 0 saturated carbocycles. The van der Waals surface area contributed by atoms with Crippen molar-refractivity contribution in [3.8, 4) is 44.5 Å². The predicted octanol–water partition coefficient (Wildman–Crippen LogP) is 12.6. The highest BCUT2D eigenvalue weighted by atomic mass is 16.3. The SMILES string of the molecule is [2H]c1c([2H])c([2H])c(-c2cccc(-c3c4ccccc4c(-c4c([2H])c([2H])c([2H])c5oc6c(-c7ccccc7)c([2H])c([2H])c([2H])c6c45)c4ccccc34)c2)c([2H])c1[2H]. The number of rotatable bonds is 4. The largest absolute Gasteiger partial charge is 0.455 e. The van der Waals surface area contributed by atoms with E-state index in [4.69, 9.17) is 16.8 Å². The Hall–Kier alpha value is -5.92. The fraction of sp³-hybridized carbons (Fsp3) is 0. The Bertz CT molecular complexity index is 3070. The Morgan fingerprint density at radius 2 is 1.00 bits per heavy atom. The molecular weight excluding hydrogens is 544 g/mol. The molecule has 0 N–H and O–H groups in total. The van der Waals surface area contributed by atoms with Crippen LogP contribution in [0.15, 0.2) is 174 Å². The summed E-state index contributed by atoms with van der Waals surface area (Å²) in [6, 6.07) is 27.6. The van der Waals surface area contributed by atoms with Crippen molar-refractivity contribution in [1.29, 1.82) is 0 Å². The van der Waals surface area contributed by atoms with E-state index in [0.717, 1.165) is 16.3 Å². The third-order valence-corrected chi connectivity index (χ3v) is 8.31. The molecule has 0 aliphatic carbocycles. The van der Waals surface area contributed by atoms with Crippen LogP contribution in [0, 0.1) is 0 Å². The minimum absolute atomic E-state index is 0.0183. The molecule has 0 bridgehead atoms. The van der Waals surface area contributed by atoms with Crippen LogP contribution in [0.5, 0.6) is 0 Å². The standard InChI is InChI=1S/C44H28O/c1-3-14-29(15-4-1)31-18-11-19-32(28-31)41-34-20-7-9-22-36(34)42(37-23-10-8-21-35(37)41)38-25-13-27-40-43(38)39-26-12-24-33(44(39)45-40)30-16-5-2-6-17-30/h1-28H/i1D,3D,4D,12D,13D,14D,15D,24D,25D,26D,27D. The molecule has 9 aromatic rings. The smallest absolute Gasteiger partial charge is 0.143 e. The van der Waals surface area contributed by atoms with Crippen LogP contribution >= 0.6 is 0 Å². The van der Waals surface area contributed by atoms with E-state index in [1.165, 1.54) is 0 Å². The fourth-order valence-corrected chi connectivity index (χ4v) is 6.41. The Kier molecular flexibility index (Phi) is 3.87. The van der Waals surface area contributed by atoms with E-state index in [2.05, 4.69) is 0 Å². The van der Waals surface area contributed by atoms with Gasteiger partial charge in [-0.25, -0.2) is 0 Å². The molecule has 0 fully saturated rings. The maximum Gasteiger partial charge on any atom is 0.143 e. The molecule has 0 aliphatic rings. The van der Waals surface area contributed by atoms with Crippen molar-refractivity contribution in [1.82, 2.24) is 0 Å². The Labute approximate surface area is 277 Å². The molecule has 0 radical (unpaired) electrons. The Morgan fingerprint density at radius 1 is 0.400 bits per heavy atom. The van der Waals surface area contributed by atoms with Crippen molar-refractivity contribution in [2.75, 3.05) is 0 Å². The number of furan rings is 1. The normalized spacial score (nSPS) is 15.0. The quantitative estimate of drug-likeness (QED) is 0.188. The summed E-state index contributed by atoms with van der Waals surface area (Å²) in [5, 5.41) is 3.31. The number of benzene rings is 8. The molecule has 0 aliphatic heterocycles. The summed E-state index contributed by atoms with van der Waals surface area (Å²) in [5.74, 6) is 0. The van der Waals surface area contributed by atoms with Crippen molar-refractivity contribution in [2.24, 2.45) is 0 Å². The lowest BCUT2D eigenvalue weighted by Crippen LogP contribution is -1.91. The lowest BCUT2D eigenvalue weighted by Gasteiger charge is -2.18. The van der Waals surface area contributed by atoms with Crippen molar-refractivity contribution in [3.05, 3.63) is 170 Å². The van der Waals surface area contributed by atoms with Gasteiger partial charge in [-0.1, -0.05) is 157 Å². The van der Waals surface area contributed by atoms with Gasteiger partial charge < -0.3 is 4.42 Å². The molecule has 0 saturated heterocycles. The van der Waals surface area contributed by atoms with Crippen LogP contribution in [-0.2, 0) is 0 Å². The number of hydrogen-bond acceptors (Lipinski definition) is 1. The molecular formula is C44H28O. The molecule has 45 heavy (non-hydrogen) atoms. The van der Waals surface area contributed by atoms with Crippen LogP contribution in [0.25, 0.3) is 88.0 Å². The molecule has 9 rings (SSSR count). The monoisotopic (exact) mass is 583 g/mol. The topological polar surface area (TPSA) is 13.1 Å². The van der Waals surface area contributed by atoms with Gasteiger partial charge in [-0.15, -0.1) is 0 Å². The second-order valence-corrected chi connectivity index (χ2v) is 10.8. The van der Waals surface area contributed by atoms with Crippen molar-refractivity contribution in [3.63, 3.8) is 0 Å². The zero-order valence-electron chi connectivity index (χ0n) is 34.7. The third kappa shape index (κ3) is 4.09. The molecule has 210 valence electrons. The molecule has 1 nitrogen and oxygen atoms in total. The second kappa shape index (κ2) is 10.4. The highest BCUT2D eigenvalue weighted by Crippen LogP contribution is 2.47. The van der Waals surface area contributed by atoms with Gasteiger partial charge in [0.05, 0.1) is 15.1 Å². The van der Waals surface area contributed by atoms with E-state index in [-0.39, 0.29) is 87.0 Å². The van der Waals surface area contributed by atoms with Crippen LogP contribution in [-0.4, -0.2) is 0 Å². The van der Waals surface area contributed by atoms with Gasteiger partial charge in [0, 0.05) is 16.3 Å². The van der Waals surface area contributed by atoms with Gasteiger partial charge in [0.1, 0.15) is 11.2 Å². The molecule has 0 spiro atoms. The predicted molar refractivity (Wildman–Crippen MR) is 190 cm³/mol. The minimum Gasteiger partial charge on any atom is -0.455 e. The first-order chi connectivity index (χ1) is 26.9. The van der Waals surface area contributed by atoms with Gasteiger partial charge in [0.25, 0.3) is 0 Å². The van der Waals surface area contributed by atoms with Crippen molar-refractivity contribution in [2.45, 2.75) is 0 Å². The zero-order chi connectivity index (χ0) is 39.3. The molecule has 1 aromatic heterocycles. The summed E-state index contributed by atoms with van der Waals surface area (Å²) in [6.45, 7) is 0. The lowest BCUT2D eigenvalue weighted by atomic mass is 9.84. The van der Waals surface area contributed by atoms with E-state index in [9.17, 15) is 2.74 Å². The van der Waals surface area contributed by atoms with Crippen LogP contribution in [0.2, 0.25) is 0 Å². The summed E-state index contributed by atoms with van der Waals surface area (Å²) >= 11 is 0. The van der Waals surface area contributed by atoms with Crippen LogP contribution in [0.1, 0.15) is 15.1 Å². The molecule has 8 aromatic carbocycles. The van der Waals surface area contributed by atoms with Crippen LogP contribution < -0.4 is 0 Å². The molecule has 0 unspecified atom stereocenters. The van der Waals surface area contributed by atoms with Gasteiger partial charge in [0.15, 0.2) is 0 Å². The van der Waals surface area contributed by atoms with Gasteiger partial charge >= 0.3 is 0 Å². The van der Waals surface area contributed by atoms with Gasteiger partial charge in [-0.3, -0.25) is 0 Å². The molecule has 0 amide bonds. The van der Waals surface area contributed by atoms with E-state index < -0.39 is 18.1 Å². The third-order valence-electron chi connectivity index (χ3n) is 8.31. The van der Waals surface area contributed by atoms with E-state index in [1.807, 2.05) is 66.7 Å². The van der Waals surface area contributed by atoms with E-state index in [1.54, 1.807) is 36.4 Å². The fourth-order valence-electron chi connectivity index (χ4n) is 6.41. The number of fused-ring (bicyclic) bond motifs is 5. The van der Waals surface area contributed by atoms with Gasteiger partial charge in [-0.05, 0) is 72.6 Å². The first kappa shape index (κ1) is 16.8. The first-order valence-corrected chi connectivity index (χ1v) is 14.5. The van der Waals surface area contributed by atoms with Gasteiger partial charge in [-0.2, -0.15) is 0 Å². The second-order valence-electron chi connectivity index (χ2n) is 10.8. The van der Waals surface area contributed by atoms with Crippen LogP contribution in [0.3, 0.4) is 0 Å². The summed E-state index contributed by atoms with van der Waals surface area (Å²) in [5.41, 5.74) is 3.84. The maximum absolute atomic E-state index is 9.46. The molecule has 1 heteroatoms. The zero-order valence-corrected chi connectivity index (χ0v) is 23.7. The first-order valence-electron chi connectivity index (χ1n) is 20.0. The number of hydrogen-bond donors (Lipinski definition) is 0. The summed E-state index contributed by atoms with van der Waals surface area (Å²) < 4.78 is 103. The maximum atomic E-state index is 9.46. The summed E-state index contributed by atoms with van der Waals surface area (Å²) in [4.78, 5) is 0. The van der Waals surface area contributed by atoms with Gasteiger partial charge in [0.2, 0.25) is 0 Å². The minimum atomic E-state index is -0.469. The summed E-state index contributed by atoms with van der Waals surface area (Å²) in [6.07, 6.45) is 0. The Balaban J connectivity index is 1.42. The highest BCUT2D eigenvalue weighted by molar-refractivity contribution is 6.26. The Morgan fingerprint density at radius 3 is 1.73 bits per heavy atom. The van der Waals surface area contributed by atoms with Crippen LogP contribution in [0.4, 0.5) is 0 Å². The lowest BCUT2D eigenvalue weighted by molar-refractivity contribution is 0.670. The number of para-hydroxylation sites is 1. The average Bonchev–Trinajstić information content (AvgIpc) is 3.61. The molecule has 1 heterocycles. The molecule has 0 atom stereocenters. The van der Waals surface area contributed by atoms with Crippen molar-refractivity contribution < 1.29 is 19.5 Å².